The first-order chi connectivity index (χ1) is 17.7. The normalized spacial score (nSPS) is 10.9. The average molecular weight is 497 g/mol. The van der Waals surface area contributed by atoms with Crippen LogP contribution in [0.3, 0.4) is 0 Å². The van der Waals surface area contributed by atoms with Gasteiger partial charge in [-0.05, 0) is 72.2 Å². The molecule has 0 saturated heterocycles. The van der Waals surface area contributed by atoms with Crippen LogP contribution < -0.4 is 0 Å². The van der Waals surface area contributed by atoms with Gasteiger partial charge in [0, 0.05) is 23.3 Å². The van der Waals surface area contributed by atoms with Crippen molar-refractivity contribution in [2.45, 2.75) is 40.9 Å². The second-order valence-corrected chi connectivity index (χ2v) is 9.12. The summed E-state index contributed by atoms with van der Waals surface area (Å²) in [5, 5.41) is 23.1. The number of benzene rings is 4. The lowest BCUT2D eigenvalue weighted by Crippen LogP contribution is -2.02. The van der Waals surface area contributed by atoms with Gasteiger partial charge in [0.25, 0.3) is 11.4 Å². The van der Waals surface area contributed by atoms with Crippen LogP contribution in [-0.2, 0) is 18.0 Å². The summed E-state index contributed by atoms with van der Waals surface area (Å²) in [6.07, 6.45) is 0. The van der Waals surface area contributed by atoms with Crippen molar-refractivity contribution < 1.29 is 14.6 Å². The van der Waals surface area contributed by atoms with E-state index >= 15 is 0 Å². The first-order valence-electron chi connectivity index (χ1n) is 11.9. The Bertz CT molecular complexity index is 1400. The standard InChI is InChI=1S/C30H28N2O5/c1-19-13-15-27(31(33)34)21(3)29(19)25-11-7-5-9-23(25)17-37-18-24-10-6-8-12-26(24)30-20(2)14-16-28(22(30)4)32(35)36/h5-16H,17-18H2,1-4H3. The number of hydrogen-bond donors (Lipinski definition) is 0. The molecule has 0 aromatic heterocycles. The molecule has 4 aromatic carbocycles. The molecule has 0 aliphatic rings. The van der Waals surface area contributed by atoms with E-state index in [1.54, 1.807) is 38.1 Å². The Hall–Kier alpha value is -4.36. The molecule has 0 fully saturated rings. The van der Waals surface area contributed by atoms with E-state index in [0.717, 1.165) is 44.5 Å². The summed E-state index contributed by atoms with van der Waals surface area (Å²) in [4.78, 5) is 22.3. The lowest BCUT2D eigenvalue weighted by molar-refractivity contribution is -0.385. The summed E-state index contributed by atoms with van der Waals surface area (Å²) >= 11 is 0. The molecule has 0 radical (unpaired) electrons. The first-order valence-corrected chi connectivity index (χ1v) is 11.9. The van der Waals surface area contributed by atoms with Gasteiger partial charge in [0.1, 0.15) is 0 Å². The van der Waals surface area contributed by atoms with Gasteiger partial charge in [-0.15, -0.1) is 0 Å². The van der Waals surface area contributed by atoms with Crippen molar-refractivity contribution >= 4 is 11.4 Å². The average Bonchev–Trinajstić information content (AvgIpc) is 2.85. The molecule has 0 spiro atoms. The van der Waals surface area contributed by atoms with Crippen LogP contribution in [0.15, 0.2) is 72.8 Å². The highest BCUT2D eigenvalue weighted by molar-refractivity contribution is 5.78. The Morgan fingerprint density at radius 3 is 1.35 bits per heavy atom. The van der Waals surface area contributed by atoms with Crippen molar-refractivity contribution in [1.29, 1.82) is 0 Å². The third kappa shape index (κ3) is 5.13. The topological polar surface area (TPSA) is 95.5 Å². The molecule has 7 heteroatoms. The second kappa shape index (κ2) is 10.7. The minimum atomic E-state index is -0.355. The minimum absolute atomic E-state index is 0.0907. The number of ether oxygens (including phenoxy) is 1. The Labute approximate surface area is 215 Å². The quantitative estimate of drug-likeness (QED) is 0.183. The van der Waals surface area contributed by atoms with E-state index in [0.29, 0.717) is 24.3 Å². The fourth-order valence-electron chi connectivity index (χ4n) is 4.95. The maximum absolute atomic E-state index is 11.5. The van der Waals surface area contributed by atoms with Crippen molar-refractivity contribution in [1.82, 2.24) is 0 Å². The number of rotatable bonds is 8. The molecule has 0 atom stereocenters. The van der Waals surface area contributed by atoms with E-state index in [1.165, 1.54) is 0 Å². The van der Waals surface area contributed by atoms with Gasteiger partial charge in [-0.3, -0.25) is 20.2 Å². The molecule has 0 aliphatic heterocycles. The summed E-state index contributed by atoms with van der Waals surface area (Å²) < 4.78 is 6.18. The van der Waals surface area contributed by atoms with Crippen molar-refractivity contribution in [3.05, 3.63) is 126 Å². The van der Waals surface area contributed by atoms with Gasteiger partial charge in [0.15, 0.2) is 0 Å². The number of aryl methyl sites for hydroxylation is 2. The van der Waals surface area contributed by atoms with E-state index < -0.39 is 0 Å². The van der Waals surface area contributed by atoms with Gasteiger partial charge in [-0.25, -0.2) is 0 Å². The lowest BCUT2D eigenvalue weighted by Gasteiger charge is -2.17. The smallest absolute Gasteiger partial charge is 0.272 e. The third-order valence-corrected chi connectivity index (χ3v) is 6.77. The number of nitro benzene ring substituents is 2. The predicted octanol–water partition coefficient (Wildman–Crippen LogP) is 7.79. The van der Waals surface area contributed by atoms with Crippen LogP contribution in [0, 0.1) is 47.9 Å². The fourth-order valence-corrected chi connectivity index (χ4v) is 4.95. The Kier molecular flexibility index (Phi) is 7.45. The molecule has 0 saturated carbocycles. The van der Waals surface area contributed by atoms with E-state index in [9.17, 15) is 20.2 Å². The lowest BCUT2D eigenvalue weighted by atomic mass is 9.91. The summed E-state index contributed by atoms with van der Waals surface area (Å²) in [6, 6.07) is 22.2. The van der Waals surface area contributed by atoms with Crippen LogP contribution in [0.25, 0.3) is 22.3 Å². The van der Waals surface area contributed by atoms with E-state index in [4.69, 9.17) is 4.74 Å². The maximum Gasteiger partial charge on any atom is 0.272 e. The van der Waals surface area contributed by atoms with Gasteiger partial charge in [-0.2, -0.15) is 0 Å². The first kappa shape index (κ1) is 25.7. The highest BCUT2D eigenvalue weighted by atomic mass is 16.6. The number of nitrogens with zero attached hydrogens (tertiary/aromatic N) is 2. The van der Waals surface area contributed by atoms with E-state index in [1.807, 2.05) is 62.4 Å². The molecule has 4 rings (SSSR count). The van der Waals surface area contributed by atoms with Gasteiger partial charge in [0.2, 0.25) is 0 Å². The monoisotopic (exact) mass is 496 g/mol. The molecule has 0 amide bonds. The highest BCUT2D eigenvalue weighted by Gasteiger charge is 2.20. The zero-order valence-corrected chi connectivity index (χ0v) is 21.3. The molecular weight excluding hydrogens is 468 g/mol. The fraction of sp³-hybridized carbons (Fsp3) is 0.200. The molecule has 7 nitrogen and oxygen atoms in total. The van der Waals surface area contributed by atoms with Gasteiger partial charge >= 0.3 is 0 Å². The number of hydrogen-bond acceptors (Lipinski definition) is 5. The van der Waals surface area contributed by atoms with Crippen LogP contribution in [0.2, 0.25) is 0 Å². The van der Waals surface area contributed by atoms with Crippen LogP contribution in [0.5, 0.6) is 0 Å². The second-order valence-electron chi connectivity index (χ2n) is 9.12. The van der Waals surface area contributed by atoms with Crippen LogP contribution in [0.4, 0.5) is 11.4 Å². The van der Waals surface area contributed by atoms with Crippen molar-refractivity contribution in [2.24, 2.45) is 0 Å². The Morgan fingerprint density at radius 2 is 0.973 bits per heavy atom. The number of nitro groups is 2. The third-order valence-electron chi connectivity index (χ3n) is 6.77. The zero-order valence-electron chi connectivity index (χ0n) is 21.3. The van der Waals surface area contributed by atoms with Crippen molar-refractivity contribution in [3.8, 4) is 22.3 Å². The zero-order chi connectivity index (χ0) is 26.7. The van der Waals surface area contributed by atoms with Crippen LogP contribution in [0.1, 0.15) is 33.4 Å². The van der Waals surface area contributed by atoms with E-state index in [2.05, 4.69) is 0 Å². The summed E-state index contributed by atoms with van der Waals surface area (Å²) in [7, 11) is 0. The Balaban J connectivity index is 1.65. The summed E-state index contributed by atoms with van der Waals surface area (Å²) in [5.74, 6) is 0. The van der Waals surface area contributed by atoms with Crippen molar-refractivity contribution in [3.63, 3.8) is 0 Å². The van der Waals surface area contributed by atoms with Gasteiger partial charge in [0.05, 0.1) is 23.1 Å². The molecule has 188 valence electrons. The maximum atomic E-state index is 11.5. The summed E-state index contributed by atoms with van der Waals surface area (Å²) in [5.41, 5.74) is 8.69. The molecular formula is C30H28N2O5. The predicted molar refractivity (Wildman–Crippen MR) is 145 cm³/mol. The van der Waals surface area contributed by atoms with E-state index in [-0.39, 0.29) is 21.2 Å². The SMILES string of the molecule is Cc1ccc([N+](=O)[O-])c(C)c1-c1ccccc1COCc1ccccc1-c1c(C)ccc([N+](=O)[O-])c1C. The molecule has 0 unspecified atom stereocenters. The molecule has 0 aliphatic carbocycles. The van der Waals surface area contributed by atoms with Gasteiger partial charge in [-0.1, -0.05) is 60.7 Å². The Morgan fingerprint density at radius 1 is 0.595 bits per heavy atom. The molecule has 4 aromatic rings. The minimum Gasteiger partial charge on any atom is -0.372 e. The highest BCUT2D eigenvalue weighted by Crippen LogP contribution is 2.37. The van der Waals surface area contributed by atoms with Gasteiger partial charge < -0.3 is 4.74 Å². The summed E-state index contributed by atoms with van der Waals surface area (Å²) in [6.45, 7) is 8.06. The molecule has 0 bridgehead atoms. The molecule has 0 N–H and O–H groups in total. The molecule has 0 heterocycles. The van der Waals surface area contributed by atoms with Crippen molar-refractivity contribution in [2.75, 3.05) is 0 Å². The van der Waals surface area contributed by atoms with Crippen LogP contribution >= 0.6 is 0 Å². The molecule has 37 heavy (non-hydrogen) atoms. The largest absolute Gasteiger partial charge is 0.372 e. The van der Waals surface area contributed by atoms with Crippen LogP contribution in [-0.4, -0.2) is 9.85 Å².